The Labute approximate surface area is 164 Å². The van der Waals surface area contributed by atoms with Gasteiger partial charge in [0.15, 0.2) is 0 Å². The van der Waals surface area contributed by atoms with E-state index in [4.69, 9.17) is 16.3 Å². The number of carbonyl (C=O) groups is 1. The molecule has 0 unspecified atom stereocenters. The fourth-order valence-electron chi connectivity index (χ4n) is 3.35. The Morgan fingerprint density at radius 2 is 2.12 bits per heavy atom. The molecular formula is C20H25ClN2O2S. The Balaban J connectivity index is 1.86. The van der Waals surface area contributed by atoms with Crippen LogP contribution in [0.5, 0.6) is 5.75 Å². The quantitative estimate of drug-likeness (QED) is 0.690. The molecule has 6 heteroatoms. The number of halogens is 1. The minimum absolute atomic E-state index is 0.0922. The van der Waals surface area contributed by atoms with E-state index >= 15 is 0 Å². The number of amides is 1. The molecule has 0 bridgehead atoms. The Hall–Kier alpha value is -1.56. The molecule has 2 aromatic rings. The molecule has 0 aliphatic carbocycles. The average Bonchev–Trinajstić information content (AvgIpc) is 2.98. The van der Waals surface area contributed by atoms with Crippen molar-refractivity contribution in [1.29, 1.82) is 0 Å². The molecule has 1 atom stereocenters. The fraction of sp³-hybridized carbons (Fsp3) is 0.450. The van der Waals surface area contributed by atoms with Gasteiger partial charge in [0.1, 0.15) is 5.75 Å². The Morgan fingerprint density at radius 1 is 1.35 bits per heavy atom. The second kappa shape index (κ2) is 8.42. The monoisotopic (exact) mass is 392 g/mol. The van der Waals surface area contributed by atoms with Crippen LogP contribution in [-0.4, -0.2) is 49.5 Å². The van der Waals surface area contributed by atoms with Crippen molar-refractivity contribution in [2.24, 2.45) is 0 Å². The molecule has 1 amide bonds. The van der Waals surface area contributed by atoms with Crippen molar-refractivity contribution >= 4 is 28.8 Å². The number of hydrogen-bond donors (Lipinski definition) is 0. The molecule has 1 aromatic heterocycles. The number of carbonyl (C=O) groups excluding carboxylic acids is 1. The van der Waals surface area contributed by atoms with E-state index in [0.29, 0.717) is 19.7 Å². The standard InChI is InChI=1S/C20H25ClN2O2S/c1-14(24)23-12-17(16-11-20(21)26-19(16)13-23)15-7-4-5-8-18(15)25-10-6-9-22(2)3/h4-5,7-8,11,17H,6,9-10,12-13H2,1-3H3/t17-/m1/s1. The lowest BCUT2D eigenvalue weighted by molar-refractivity contribution is -0.129. The number of para-hydroxylation sites is 1. The number of benzene rings is 1. The van der Waals surface area contributed by atoms with Gasteiger partial charge in [-0.05, 0) is 38.2 Å². The first-order valence-electron chi connectivity index (χ1n) is 8.85. The number of fused-ring (bicyclic) bond motifs is 1. The maximum atomic E-state index is 12.0. The number of rotatable bonds is 6. The first kappa shape index (κ1) is 19.2. The third-order valence-electron chi connectivity index (χ3n) is 4.67. The minimum Gasteiger partial charge on any atom is -0.493 e. The summed E-state index contributed by atoms with van der Waals surface area (Å²) < 4.78 is 6.87. The summed E-state index contributed by atoms with van der Waals surface area (Å²) in [6.45, 7) is 4.60. The van der Waals surface area contributed by atoms with E-state index in [-0.39, 0.29) is 11.8 Å². The van der Waals surface area contributed by atoms with Crippen LogP contribution in [0.2, 0.25) is 4.34 Å². The SMILES string of the molecule is CC(=O)N1Cc2sc(Cl)cc2[C@@H](c2ccccc2OCCCN(C)C)C1. The first-order valence-corrected chi connectivity index (χ1v) is 10.0. The highest BCUT2D eigenvalue weighted by Crippen LogP contribution is 2.42. The minimum atomic E-state index is 0.0922. The zero-order valence-electron chi connectivity index (χ0n) is 15.5. The molecule has 0 fully saturated rings. The average molecular weight is 393 g/mol. The van der Waals surface area contributed by atoms with E-state index in [9.17, 15) is 4.79 Å². The molecule has 1 aromatic carbocycles. The van der Waals surface area contributed by atoms with Crippen molar-refractivity contribution in [3.05, 3.63) is 50.7 Å². The van der Waals surface area contributed by atoms with Crippen LogP contribution in [0, 0.1) is 0 Å². The predicted molar refractivity (Wildman–Crippen MR) is 107 cm³/mol. The van der Waals surface area contributed by atoms with Crippen LogP contribution < -0.4 is 4.74 Å². The zero-order valence-corrected chi connectivity index (χ0v) is 17.1. The smallest absolute Gasteiger partial charge is 0.219 e. The molecule has 4 nitrogen and oxygen atoms in total. The summed E-state index contributed by atoms with van der Waals surface area (Å²) in [5, 5.41) is 0. The van der Waals surface area contributed by atoms with Crippen LogP contribution in [0.3, 0.4) is 0 Å². The number of hydrogen-bond acceptors (Lipinski definition) is 4. The van der Waals surface area contributed by atoms with Gasteiger partial charge in [-0.15, -0.1) is 11.3 Å². The molecule has 1 aliphatic rings. The summed E-state index contributed by atoms with van der Waals surface area (Å²) in [5.41, 5.74) is 2.35. The van der Waals surface area contributed by atoms with Crippen LogP contribution in [0.25, 0.3) is 0 Å². The van der Waals surface area contributed by atoms with Crippen molar-refractivity contribution in [1.82, 2.24) is 9.80 Å². The molecular weight excluding hydrogens is 368 g/mol. The summed E-state index contributed by atoms with van der Waals surface area (Å²) in [4.78, 5) is 17.2. The lowest BCUT2D eigenvalue weighted by Gasteiger charge is -2.33. The highest BCUT2D eigenvalue weighted by atomic mass is 35.5. The molecule has 26 heavy (non-hydrogen) atoms. The van der Waals surface area contributed by atoms with E-state index < -0.39 is 0 Å². The van der Waals surface area contributed by atoms with Crippen LogP contribution in [0.15, 0.2) is 30.3 Å². The Kier molecular flexibility index (Phi) is 6.22. The summed E-state index contributed by atoms with van der Waals surface area (Å²) >= 11 is 7.85. The van der Waals surface area contributed by atoms with Gasteiger partial charge < -0.3 is 14.5 Å². The number of thiophene rings is 1. The third-order valence-corrected chi connectivity index (χ3v) is 5.94. The second-order valence-corrected chi connectivity index (χ2v) is 8.69. The summed E-state index contributed by atoms with van der Waals surface area (Å²) in [7, 11) is 4.13. The van der Waals surface area contributed by atoms with Crippen molar-refractivity contribution < 1.29 is 9.53 Å². The van der Waals surface area contributed by atoms with Crippen LogP contribution in [-0.2, 0) is 11.3 Å². The molecule has 140 valence electrons. The topological polar surface area (TPSA) is 32.8 Å². The molecule has 0 spiro atoms. The van der Waals surface area contributed by atoms with E-state index in [1.807, 2.05) is 29.2 Å². The second-order valence-electron chi connectivity index (χ2n) is 6.92. The molecule has 0 radical (unpaired) electrons. The Morgan fingerprint density at radius 3 is 2.85 bits per heavy atom. The van der Waals surface area contributed by atoms with E-state index in [1.165, 1.54) is 10.4 Å². The third kappa shape index (κ3) is 4.40. The first-order chi connectivity index (χ1) is 12.5. The van der Waals surface area contributed by atoms with Gasteiger partial charge in [0.2, 0.25) is 5.91 Å². The van der Waals surface area contributed by atoms with Gasteiger partial charge in [-0.3, -0.25) is 4.79 Å². The summed E-state index contributed by atoms with van der Waals surface area (Å²) in [6.07, 6.45) is 0.973. The molecule has 0 saturated carbocycles. The van der Waals surface area contributed by atoms with Gasteiger partial charge in [-0.2, -0.15) is 0 Å². The molecule has 0 N–H and O–H groups in total. The molecule has 0 saturated heterocycles. The van der Waals surface area contributed by atoms with Crippen molar-refractivity contribution in [3.8, 4) is 5.75 Å². The van der Waals surface area contributed by atoms with Gasteiger partial charge in [-0.25, -0.2) is 0 Å². The van der Waals surface area contributed by atoms with Gasteiger partial charge in [0, 0.05) is 36.4 Å². The van der Waals surface area contributed by atoms with E-state index in [2.05, 4.69) is 25.1 Å². The maximum absolute atomic E-state index is 12.0. The Bertz CT molecular complexity index is 775. The largest absolute Gasteiger partial charge is 0.493 e. The zero-order chi connectivity index (χ0) is 18.7. The molecule has 2 heterocycles. The van der Waals surface area contributed by atoms with Gasteiger partial charge in [0.05, 0.1) is 17.5 Å². The van der Waals surface area contributed by atoms with Crippen molar-refractivity contribution in [2.75, 3.05) is 33.8 Å². The fourth-order valence-corrected chi connectivity index (χ4v) is 4.71. The van der Waals surface area contributed by atoms with Crippen molar-refractivity contribution in [2.45, 2.75) is 25.8 Å². The maximum Gasteiger partial charge on any atom is 0.219 e. The van der Waals surface area contributed by atoms with E-state index in [0.717, 1.165) is 28.6 Å². The van der Waals surface area contributed by atoms with Crippen LogP contribution in [0.1, 0.15) is 35.3 Å². The molecule has 1 aliphatic heterocycles. The lowest BCUT2D eigenvalue weighted by atomic mass is 9.88. The summed E-state index contributed by atoms with van der Waals surface area (Å²) in [6, 6.07) is 10.2. The van der Waals surface area contributed by atoms with Gasteiger partial charge in [0.25, 0.3) is 0 Å². The predicted octanol–water partition coefficient (Wildman–Crippen LogP) is 4.23. The van der Waals surface area contributed by atoms with Gasteiger partial charge >= 0.3 is 0 Å². The summed E-state index contributed by atoms with van der Waals surface area (Å²) in [5.74, 6) is 1.08. The number of ether oxygens (including phenoxy) is 1. The normalized spacial score (nSPS) is 16.7. The molecule has 3 rings (SSSR count). The van der Waals surface area contributed by atoms with Crippen molar-refractivity contribution in [3.63, 3.8) is 0 Å². The lowest BCUT2D eigenvalue weighted by Crippen LogP contribution is -2.36. The highest BCUT2D eigenvalue weighted by Gasteiger charge is 2.31. The highest BCUT2D eigenvalue weighted by molar-refractivity contribution is 7.16. The van der Waals surface area contributed by atoms with Crippen LogP contribution >= 0.6 is 22.9 Å². The number of nitrogens with zero attached hydrogens (tertiary/aromatic N) is 2. The van der Waals surface area contributed by atoms with Crippen LogP contribution in [0.4, 0.5) is 0 Å². The van der Waals surface area contributed by atoms with E-state index in [1.54, 1.807) is 18.3 Å². The van der Waals surface area contributed by atoms with Gasteiger partial charge in [-0.1, -0.05) is 29.8 Å².